The van der Waals surface area contributed by atoms with Crippen molar-refractivity contribution in [1.82, 2.24) is 15.2 Å². The predicted molar refractivity (Wildman–Crippen MR) is 100 cm³/mol. The number of nitrogens with one attached hydrogen (secondary N) is 1. The van der Waals surface area contributed by atoms with Gasteiger partial charge in [0, 0.05) is 37.9 Å². The van der Waals surface area contributed by atoms with Gasteiger partial charge in [0.25, 0.3) is 0 Å². The maximum absolute atomic E-state index is 14.0. The van der Waals surface area contributed by atoms with Crippen molar-refractivity contribution in [2.75, 3.05) is 41.3 Å². The third-order valence-electron chi connectivity index (χ3n) is 4.50. The molecule has 1 saturated heterocycles. The fourth-order valence-corrected chi connectivity index (χ4v) is 3.07. The molecule has 0 radical (unpaired) electrons. The standard InChI is InChI=1S/C19H17F3N6/c20-14-6-5-13(11-16(14)22)24-18-12-23-26-19(25-18)28-9-7-27(8-10-28)17-4-2-1-3-15(17)21/h1-6,11-12H,7-10H2,(H,24,25,26). The number of rotatable bonds is 4. The molecule has 2 aromatic carbocycles. The normalized spacial score (nSPS) is 14.2. The van der Waals surface area contributed by atoms with Crippen LogP contribution in [0.2, 0.25) is 0 Å². The summed E-state index contributed by atoms with van der Waals surface area (Å²) in [4.78, 5) is 8.31. The molecule has 6 nitrogen and oxygen atoms in total. The molecular weight excluding hydrogens is 369 g/mol. The molecule has 0 saturated carbocycles. The second-order valence-electron chi connectivity index (χ2n) is 6.32. The zero-order valence-electron chi connectivity index (χ0n) is 14.8. The van der Waals surface area contributed by atoms with Crippen LogP contribution in [0.5, 0.6) is 0 Å². The van der Waals surface area contributed by atoms with Crippen LogP contribution in [0, 0.1) is 17.5 Å². The molecular formula is C19H17F3N6. The van der Waals surface area contributed by atoms with Gasteiger partial charge in [-0.2, -0.15) is 10.1 Å². The van der Waals surface area contributed by atoms with Crippen molar-refractivity contribution in [3.05, 3.63) is 66.1 Å². The molecule has 0 unspecified atom stereocenters. The number of anilines is 4. The average molecular weight is 386 g/mol. The van der Waals surface area contributed by atoms with E-state index in [1.165, 1.54) is 18.3 Å². The molecule has 28 heavy (non-hydrogen) atoms. The van der Waals surface area contributed by atoms with Crippen LogP contribution >= 0.6 is 0 Å². The third kappa shape index (κ3) is 3.83. The number of hydrogen-bond donors (Lipinski definition) is 1. The van der Waals surface area contributed by atoms with Crippen LogP contribution in [0.3, 0.4) is 0 Å². The maximum atomic E-state index is 14.0. The minimum atomic E-state index is -0.948. The summed E-state index contributed by atoms with van der Waals surface area (Å²) in [6, 6.07) is 10.2. The molecule has 9 heteroatoms. The van der Waals surface area contributed by atoms with Gasteiger partial charge in [-0.3, -0.25) is 0 Å². The van der Waals surface area contributed by atoms with Crippen molar-refractivity contribution in [1.29, 1.82) is 0 Å². The highest BCUT2D eigenvalue weighted by atomic mass is 19.2. The summed E-state index contributed by atoms with van der Waals surface area (Å²) in [5, 5.41) is 10.9. The zero-order chi connectivity index (χ0) is 19.5. The van der Waals surface area contributed by atoms with E-state index in [1.807, 2.05) is 15.9 Å². The van der Waals surface area contributed by atoms with Crippen LogP contribution in [0.25, 0.3) is 0 Å². The molecule has 1 fully saturated rings. The van der Waals surface area contributed by atoms with Crippen molar-refractivity contribution in [2.24, 2.45) is 0 Å². The SMILES string of the molecule is Fc1ccc(Nc2cnnc(N3CCN(c4ccccc4F)CC3)n2)cc1F. The van der Waals surface area contributed by atoms with Crippen LogP contribution in [0.1, 0.15) is 0 Å². The van der Waals surface area contributed by atoms with Gasteiger partial charge in [-0.05, 0) is 24.3 Å². The fourth-order valence-electron chi connectivity index (χ4n) is 3.07. The molecule has 0 amide bonds. The summed E-state index contributed by atoms with van der Waals surface area (Å²) in [6.45, 7) is 2.44. The first-order valence-corrected chi connectivity index (χ1v) is 8.76. The first kappa shape index (κ1) is 18.0. The molecule has 0 spiro atoms. The first-order valence-electron chi connectivity index (χ1n) is 8.76. The van der Waals surface area contributed by atoms with E-state index in [0.717, 1.165) is 12.1 Å². The smallest absolute Gasteiger partial charge is 0.247 e. The van der Waals surface area contributed by atoms with Gasteiger partial charge in [-0.25, -0.2) is 13.2 Å². The lowest BCUT2D eigenvalue weighted by Gasteiger charge is -2.36. The molecule has 4 rings (SSSR count). The highest BCUT2D eigenvalue weighted by Crippen LogP contribution is 2.22. The molecule has 1 aromatic heterocycles. The van der Waals surface area contributed by atoms with Crippen molar-refractivity contribution < 1.29 is 13.2 Å². The predicted octanol–water partition coefficient (Wildman–Crippen LogP) is 3.36. The van der Waals surface area contributed by atoms with E-state index >= 15 is 0 Å². The summed E-state index contributed by atoms with van der Waals surface area (Å²) in [5.41, 5.74) is 0.935. The number of nitrogens with zero attached hydrogens (tertiary/aromatic N) is 5. The van der Waals surface area contributed by atoms with Crippen molar-refractivity contribution >= 4 is 23.1 Å². The number of aromatic nitrogens is 3. The van der Waals surface area contributed by atoms with Crippen molar-refractivity contribution in [3.8, 4) is 0 Å². The Labute approximate surface area is 159 Å². The van der Waals surface area contributed by atoms with E-state index in [1.54, 1.807) is 12.1 Å². The largest absolute Gasteiger partial charge is 0.366 e. The van der Waals surface area contributed by atoms with Gasteiger partial charge in [-0.1, -0.05) is 12.1 Å². The van der Waals surface area contributed by atoms with E-state index in [9.17, 15) is 13.2 Å². The number of halogens is 3. The molecule has 144 valence electrons. The van der Waals surface area contributed by atoms with Gasteiger partial charge < -0.3 is 15.1 Å². The van der Waals surface area contributed by atoms with E-state index < -0.39 is 11.6 Å². The van der Waals surface area contributed by atoms with Gasteiger partial charge >= 0.3 is 0 Å². The molecule has 0 atom stereocenters. The minimum Gasteiger partial charge on any atom is -0.366 e. The molecule has 1 aliphatic rings. The van der Waals surface area contributed by atoms with Gasteiger partial charge in [-0.15, -0.1) is 5.10 Å². The van der Waals surface area contributed by atoms with Crippen molar-refractivity contribution in [2.45, 2.75) is 0 Å². The summed E-state index contributed by atoms with van der Waals surface area (Å²) < 4.78 is 40.4. The Morgan fingerprint density at radius 2 is 1.57 bits per heavy atom. The van der Waals surface area contributed by atoms with Crippen LogP contribution in [0.4, 0.5) is 36.3 Å². The molecule has 1 aliphatic heterocycles. The van der Waals surface area contributed by atoms with Crippen LogP contribution < -0.4 is 15.1 Å². The van der Waals surface area contributed by atoms with E-state index in [0.29, 0.717) is 49.3 Å². The molecule has 1 N–H and O–H groups in total. The lowest BCUT2D eigenvalue weighted by atomic mass is 10.2. The van der Waals surface area contributed by atoms with Crippen LogP contribution in [-0.4, -0.2) is 41.4 Å². The Morgan fingerprint density at radius 1 is 0.821 bits per heavy atom. The molecule has 2 heterocycles. The summed E-state index contributed by atoms with van der Waals surface area (Å²) in [6.07, 6.45) is 1.40. The Balaban J connectivity index is 1.44. The van der Waals surface area contributed by atoms with Crippen LogP contribution in [0.15, 0.2) is 48.7 Å². The van der Waals surface area contributed by atoms with E-state index in [-0.39, 0.29) is 5.82 Å². The second-order valence-corrected chi connectivity index (χ2v) is 6.32. The van der Waals surface area contributed by atoms with Gasteiger partial charge in [0.05, 0.1) is 11.9 Å². The second kappa shape index (κ2) is 7.71. The maximum Gasteiger partial charge on any atom is 0.247 e. The monoisotopic (exact) mass is 386 g/mol. The molecule has 0 bridgehead atoms. The molecule has 3 aromatic rings. The minimum absolute atomic E-state index is 0.244. The summed E-state index contributed by atoms with van der Waals surface area (Å²) in [7, 11) is 0. The highest BCUT2D eigenvalue weighted by molar-refractivity contribution is 5.56. The van der Waals surface area contributed by atoms with Gasteiger partial charge in [0.2, 0.25) is 5.95 Å². The van der Waals surface area contributed by atoms with Crippen molar-refractivity contribution in [3.63, 3.8) is 0 Å². The zero-order valence-corrected chi connectivity index (χ0v) is 14.8. The molecule has 0 aliphatic carbocycles. The Bertz CT molecular complexity index is 975. The Hall–Kier alpha value is -3.36. The average Bonchev–Trinajstić information content (AvgIpc) is 2.72. The van der Waals surface area contributed by atoms with E-state index in [2.05, 4.69) is 20.5 Å². The van der Waals surface area contributed by atoms with Crippen LogP contribution in [-0.2, 0) is 0 Å². The van der Waals surface area contributed by atoms with E-state index in [4.69, 9.17) is 0 Å². The summed E-state index contributed by atoms with van der Waals surface area (Å²) in [5.74, 6) is -1.32. The Kier molecular flexibility index (Phi) is 4.96. The number of hydrogen-bond acceptors (Lipinski definition) is 6. The third-order valence-corrected chi connectivity index (χ3v) is 4.50. The number of benzene rings is 2. The fraction of sp³-hybridized carbons (Fsp3) is 0.211. The summed E-state index contributed by atoms with van der Waals surface area (Å²) >= 11 is 0. The Morgan fingerprint density at radius 3 is 2.32 bits per heavy atom. The number of para-hydroxylation sites is 1. The lowest BCUT2D eigenvalue weighted by molar-refractivity contribution is 0.509. The van der Waals surface area contributed by atoms with Gasteiger partial charge in [0.1, 0.15) is 5.82 Å². The quantitative estimate of drug-likeness (QED) is 0.742. The number of piperazine rings is 1. The lowest BCUT2D eigenvalue weighted by Crippen LogP contribution is -2.47. The first-order chi connectivity index (χ1) is 13.6. The topological polar surface area (TPSA) is 57.2 Å². The van der Waals surface area contributed by atoms with Gasteiger partial charge in [0.15, 0.2) is 17.5 Å². The highest BCUT2D eigenvalue weighted by Gasteiger charge is 2.21.